The summed E-state index contributed by atoms with van der Waals surface area (Å²) >= 11 is 0. The Kier molecular flexibility index (Phi) is 9.27. The Labute approximate surface area is 228 Å². The molecule has 1 fully saturated rings. The number of aromatic nitrogens is 2. The number of para-hydroxylation sites is 1. The number of carbonyl (C=O) groups is 3. The number of oxazole rings is 1. The second kappa shape index (κ2) is 12.8. The Balaban J connectivity index is 1.61. The van der Waals surface area contributed by atoms with Crippen LogP contribution in [0, 0.1) is 5.92 Å². The third kappa shape index (κ3) is 6.99. The van der Waals surface area contributed by atoms with E-state index in [-0.39, 0.29) is 35.2 Å². The molecular weight excluding hydrogens is 498 g/mol. The Morgan fingerprint density at radius 2 is 1.82 bits per heavy atom. The van der Waals surface area contributed by atoms with Crippen LogP contribution < -0.4 is 10.6 Å². The van der Waals surface area contributed by atoms with Gasteiger partial charge in [-0.2, -0.15) is 0 Å². The summed E-state index contributed by atoms with van der Waals surface area (Å²) in [5.41, 5.74) is 1.73. The van der Waals surface area contributed by atoms with E-state index in [1.807, 2.05) is 44.3 Å². The highest BCUT2D eigenvalue weighted by Gasteiger charge is 2.31. The largest absolute Gasteiger partial charge is 0.476 e. The van der Waals surface area contributed by atoms with Gasteiger partial charge in [0.15, 0.2) is 5.69 Å². The van der Waals surface area contributed by atoms with Gasteiger partial charge in [0.2, 0.25) is 11.8 Å². The average molecular weight is 538 g/mol. The van der Waals surface area contributed by atoms with E-state index in [9.17, 15) is 19.5 Å². The first-order valence-electron chi connectivity index (χ1n) is 13.9. The highest BCUT2D eigenvalue weighted by molar-refractivity contribution is 5.88. The van der Waals surface area contributed by atoms with Crippen LogP contribution in [0.3, 0.4) is 0 Å². The lowest BCUT2D eigenvalue weighted by atomic mass is 10.0. The van der Waals surface area contributed by atoms with Gasteiger partial charge in [0, 0.05) is 43.0 Å². The molecule has 2 atom stereocenters. The summed E-state index contributed by atoms with van der Waals surface area (Å²) in [6.07, 6.45) is 7.12. The molecule has 1 saturated heterocycles. The van der Waals surface area contributed by atoms with Crippen molar-refractivity contribution in [3.05, 3.63) is 53.4 Å². The minimum Gasteiger partial charge on any atom is -0.476 e. The Hall–Kier alpha value is -3.82. The zero-order chi connectivity index (χ0) is 27.9. The number of aromatic amines is 1. The maximum absolute atomic E-state index is 13.7. The first-order valence-corrected chi connectivity index (χ1v) is 13.9. The molecule has 39 heavy (non-hydrogen) atoms. The van der Waals surface area contributed by atoms with Gasteiger partial charge in [0.05, 0.1) is 0 Å². The summed E-state index contributed by atoms with van der Waals surface area (Å²) < 4.78 is 5.89. The van der Waals surface area contributed by atoms with Crippen molar-refractivity contribution >= 4 is 28.8 Å². The Morgan fingerprint density at radius 1 is 1.10 bits per heavy atom. The molecule has 0 radical (unpaired) electrons. The smallest absolute Gasteiger partial charge is 0.358 e. The minimum absolute atomic E-state index is 0.130. The van der Waals surface area contributed by atoms with E-state index in [0.29, 0.717) is 32.4 Å². The lowest BCUT2D eigenvalue weighted by molar-refractivity contribution is -0.124. The van der Waals surface area contributed by atoms with E-state index < -0.39 is 18.1 Å². The van der Waals surface area contributed by atoms with Crippen LogP contribution in [0.25, 0.3) is 10.9 Å². The van der Waals surface area contributed by atoms with Crippen molar-refractivity contribution in [2.45, 2.75) is 77.8 Å². The topological polar surface area (TPSA) is 141 Å². The molecule has 4 N–H and O–H groups in total. The standard InChI is InChI=1S/C29H39N5O5/c1-4-24-25(28(36)37)33-27(39-24)23(16-19-17-30-21-12-8-7-11-20(19)21)31-26(35)22(15-18(2)3)32-29(38)34-13-9-5-6-10-14-34/h7-8,11-12,17-18,22-23,30H,4-6,9-10,13-16H2,1-3H3,(H,31,35)(H,32,38)(H,36,37)/t22-,23+/m0/s1. The number of rotatable bonds is 10. The number of carbonyl (C=O) groups excluding carboxylic acids is 2. The Morgan fingerprint density at radius 3 is 2.46 bits per heavy atom. The van der Waals surface area contributed by atoms with Crippen LogP contribution >= 0.6 is 0 Å². The van der Waals surface area contributed by atoms with E-state index in [4.69, 9.17) is 4.42 Å². The van der Waals surface area contributed by atoms with Crippen LogP contribution in [-0.4, -0.2) is 57.0 Å². The lowest BCUT2D eigenvalue weighted by Gasteiger charge is -2.27. The fourth-order valence-corrected chi connectivity index (χ4v) is 5.14. The van der Waals surface area contributed by atoms with Crippen LogP contribution in [0.5, 0.6) is 0 Å². The molecule has 210 valence electrons. The highest BCUT2D eigenvalue weighted by atomic mass is 16.4. The second-order valence-corrected chi connectivity index (χ2v) is 10.6. The maximum atomic E-state index is 13.7. The van der Waals surface area contributed by atoms with E-state index in [0.717, 1.165) is 42.1 Å². The minimum atomic E-state index is -1.18. The third-order valence-corrected chi connectivity index (χ3v) is 7.17. The number of hydrogen-bond acceptors (Lipinski definition) is 5. The zero-order valence-corrected chi connectivity index (χ0v) is 23.0. The van der Waals surface area contributed by atoms with Crippen LogP contribution in [0.1, 0.15) is 86.6 Å². The number of nitrogens with zero attached hydrogens (tertiary/aromatic N) is 2. The van der Waals surface area contributed by atoms with Crippen LogP contribution in [0.4, 0.5) is 4.79 Å². The Bertz CT molecular complexity index is 1290. The maximum Gasteiger partial charge on any atom is 0.358 e. The number of urea groups is 1. The molecule has 1 aromatic carbocycles. The number of amides is 3. The number of aryl methyl sites for hydroxylation is 1. The number of hydrogen-bond donors (Lipinski definition) is 4. The van der Waals surface area contributed by atoms with Crippen LogP contribution in [-0.2, 0) is 17.6 Å². The molecule has 0 spiro atoms. The van der Waals surface area contributed by atoms with E-state index in [2.05, 4.69) is 20.6 Å². The van der Waals surface area contributed by atoms with Gasteiger partial charge in [-0.15, -0.1) is 0 Å². The van der Waals surface area contributed by atoms with Crippen molar-refractivity contribution in [3.8, 4) is 0 Å². The number of H-pyrrole nitrogens is 1. The highest BCUT2D eigenvalue weighted by Crippen LogP contribution is 2.26. The zero-order valence-electron chi connectivity index (χ0n) is 23.0. The number of aromatic carboxylic acids is 1. The number of carboxylic acid groups (broad SMARTS) is 1. The van der Waals surface area contributed by atoms with Gasteiger partial charge in [0.1, 0.15) is 17.8 Å². The summed E-state index contributed by atoms with van der Waals surface area (Å²) in [6, 6.07) is 6.10. The monoisotopic (exact) mass is 537 g/mol. The number of fused-ring (bicyclic) bond motifs is 1. The summed E-state index contributed by atoms with van der Waals surface area (Å²) in [7, 11) is 0. The lowest BCUT2D eigenvalue weighted by Crippen LogP contribution is -2.52. The third-order valence-electron chi connectivity index (χ3n) is 7.17. The van der Waals surface area contributed by atoms with Gasteiger partial charge < -0.3 is 30.0 Å². The molecule has 0 unspecified atom stereocenters. The van der Waals surface area contributed by atoms with Crippen molar-refractivity contribution in [1.82, 2.24) is 25.5 Å². The summed E-state index contributed by atoms with van der Waals surface area (Å²) in [5, 5.41) is 16.6. The fraction of sp³-hybridized carbons (Fsp3) is 0.517. The molecule has 1 aliphatic heterocycles. The van der Waals surface area contributed by atoms with Gasteiger partial charge >= 0.3 is 12.0 Å². The van der Waals surface area contributed by atoms with E-state index in [1.165, 1.54) is 0 Å². The number of benzene rings is 1. The molecular formula is C29H39N5O5. The molecule has 0 saturated carbocycles. The van der Waals surface area contributed by atoms with Crippen molar-refractivity contribution in [2.24, 2.45) is 5.92 Å². The van der Waals surface area contributed by atoms with E-state index >= 15 is 0 Å². The van der Waals surface area contributed by atoms with Gasteiger partial charge in [0.25, 0.3) is 0 Å². The second-order valence-electron chi connectivity index (χ2n) is 10.6. The van der Waals surface area contributed by atoms with E-state index in [1.54, 1.807) is 11.8 Å². The van der Waals surface area contributed by atoms with Gasteiger partial charge in [-0.05, 0) is 36.8 Å². The molecule has 4 rings (SSSR count). The SMILES string of the molecule is CCc1oc([C@@H](Cc2c[nH]c3ccccc23)NC(=O)[C@H](CC(C)C)NC(=O)N2CCCCCC2)nc1C(=O)O. The summed E-state index contributed by atoms with van der Waals surface area (Å²) in [4.78, 5) is 47.9. The van der Waals surface area contributed by atoms with Crippen LogP contribution in [0.15, 0.2) is 34.9 Å². The van der Waals surface area contributed by atoms with Gasteiger partial charge in [-0.25, -0.2) is 14.6 Å². The molecule has 3 aromatic rings. The number of carboxylic acids is 1. The van der Waals surface area contributed by atoms with Gasteiger partial charge in [-0.1, -0.05) is 51.8 Å². The molecule has 3 amide bonds. The molecule has 1 aliphatic rings. The quantitative estimate of drug-likeness (QED) is 0.292. The van der Waals surface area contributed by atoms with Gasteiger partial charge in [-0.3, -0.25) is 4.79 Å². The molecule has 2 aromatic heterocycles. The molecule has 0 bridgehead atoms. The number of likely N-dealkylation sites (tertiary alicyclic amines) is 1. The summed E-state index contributed by atoms with van der Waals surface area (Å²) in [6.45, 7) is 7.16. The van der Waals surface area contributed by atoms with Crippen LogP contribution in [0.2, 0.25) is 0 Å². The normalized spacial score (nSPS) is 15.6. The number of nitrogens with one attached hydrogen (secondary N) is 3. The van der Waals surface area contributed by atoms with Crippen molar-refractivity contribution < 1.29 is 23.9 Å². The first-order chi connectivity index (χ1) is 18.8. The summed E-state index contributed by atoms with van der Waals surface area (Å²) in [5.74, 6) is -0.996. The van der Waals surface area contributed by atoms with Crippen molar-refractivity contribution in [2.75, 3.05) is 13.1 Å². The molecule has 3 heterocycles. The molecule has 10 nitrogen and oxygen atoms in total. The first kappa shape index (κ1) is 28.2. The average Bonchev–Trinajstić information content (AvgIpc) is 3.42. The van der Waals surface area contributed by atoms with Crippen molar-refractivity contribution in [3.63, 3.8) is 0 Å². The molecule has 0 aliphatic carbocycles. The predicted octanol–water partition coefficient (Wildman–Crippen LogP) is 4.82. The predicted molar refractivity (Wildman–Crippen MR) is 148 cm³/mol. The fourth-order valence-electron chi connectivity index (χ4n) is 5.14. The molecule has 10 heteroatoms. The van der Waals surface area contributed by atoms with Crippen molar-refractivity contribution in [1.29, 1.82) is 0 Å².